The first-order chi connectivity index (χ1) is 8.56. The summed E-state index contributed by atoms with van der Waals surface area (Å²) >= 11 is 0. The number of methoxy groups -OCH3 is 1. The average molecular weight is 251 g/mol. The molecule has 0 saturated heterocycles. The third kappa shape index (κ3) is 4.35. The summed E-state index contributed by atoms with van der Waals surface area (Å²) in [6.45, 7) is 3.27. The summed E-state index contributed by atoms with van der Waals surface area (Å²) in [6, 6.07) is 7.89. The Morgan fingerprint density at radius 3 is 2.89 bits per heavy atom. The second kappa shape index (κ2) is 6.98. The van der Waals surface area contributed by atoms with E-state index in [-0.39, 0.29) is 11.8 Å². The van der Waals surface area contributed by atoms with E-state index in [0.717, 1.165) is 17.9 Å². The first-order valence-electron chi connectivity index (χ1n) is 5.88. The number of benzene rings is 1. The van der Waals surface area contributed by atoms with Gasteiger partial charge in [0.1, 0.15) is 5.75 Å². The normalized spacial score (nSPS) is 12.3. The van der Waals surface area contributed by atoms with Crippen molar-refractivity contribution >= 4 is 5.91 Å². The van der Waals surface area contributed by atoms with Gasteiger partial charge in [-0.05, 0) is 24.7 Å². The molecule has 1 unspecified atom stereocenters. The van der Waals surface area contributed by atoms with Crippen molar-refractivity contribution in [2.24, 2.45) is 11.8 Å². The fourth-order valence-electron chi connectivity index (χ4n) is 1.84. The minimum Gasteiger partial charge on any atom is -0.497 e. The number of rotatable bonds is 6. The van der Waals surface area contributed by atoms with Gasteiger partial charge in [-0.2, -0.15) is 0 Å². The summed E-state index contributed by atoms with van der Waals surface area (Å²) in [7, 11) is 3.62. The molecule has 0 fully saturated rings. The maximum absolute atomic E-state index is 11.3. The molecule has 18 heavy (non-hydrogen) atoms. The average Bonchev–Trinajstić information content (AvgIpc) is 2.37. The van der Waals surface area contributed by atoms with Crippen LogP contribution in [0.3, 0.4) is 0 Å². The summed E-state index contributed by atoms with van der Waals surface area (Å²) in [5.74, 6) is 5.67. The molecule has 5 heteroatoms. The molecule has 0 aliphatic rings. The van der Waals surface area contributed by atoms with E-state index in [9.17, 15) is 4.79 Å². The van der Waals surface area contributed by atoms with Gasteiger partial charge in [0.2, 0.25) is 5.91 Å². The fourth-order valence-corrected chi connectivity index (χ4v) is 1.84. The first-order valence-corrected chi connectivity index (χ1v) is 5.88. The van der Waals surface area contributed by atoms with Gasteiger partial charge in [-0.15, -0.1) is 0 Å². The molecule has 0 radical (unpaired) electrons. The van der Waals surface area contributed by atoms with Crippen molar-refractivity contribution in [2.45, 2.75) is 13.5 Å². The van der Waals surface area contributed by atoms with Crippen LogP contribution in [-0.4, -0.2) is 31.5 Å². The molecule has 1 aromatic carbocycles. The van der Waals surface area contributed by atoms with E-state index in [1.165, 1.54) is 0 Å². The molecular weight excluding hydrogens is 230 g/mol. The molecule has 0 aliphatic carbocycles. The Morgan fingerprint density at radius 1 is 1.56 bits per heavy atom. The monoisotopic (exact) mass is 251 g/mol. The molecule has 0 saturated carbocycles. The third-order valence-corrected chi connectivity index (χ3v) is 2.76. The minimum atomic E-state index is -0.146. The van der Waals surface area contributed by atoms with Gasteiger partial charge in [-0.1, -0.05) is 19.1 Å². The molecule has 1 aromatic rings. The first kappa shape index (κ1) is 14.5. The zero-order valence-electron chi connectivity index (χ0n) is 11.1. The number of carbonyl (C=O) groups is 1. The summed E-state index contributed by atoms with van der Waals surface area (Å²) < 4.78 is 5.17. The zero-order valence-corrected chi connectivity index (χ0v) is 11.1. The summed E-state index contributed by atoms with van der Waals surface area (Å²) in [4.78, 5) is 13.4. The zero-order chi connectivity index (χ0) is 13.5. The van der Waals surface area contributed by atoms with E-state index in [0.29, 0.717) is 6.54 Å². The Kier molecular flexibility index (Phi) is 5.61. The Bertz CT molecular complexity index is 396. The third-order valence-electron chi connectivity index (χ3n) is 2.76. The van der Waals surface area contributed by atoms with Gasteiger partial charge < -0.3 is 9.64 Å². The van der Waals surface area contributed by atoms with Gasteiger partial charge in [0, 0.05) is 19.0 Å². The highest BCUT2D eigenvalue weighted by molar-refractivity contribution is 5.77. The van der Waals surface area contributed by atoms with Crippen LogP contribution in [0.2, 0.25) is 0 Å². The SMILES string of the molecule is COc1cccc(CN(C)CC(C)C(=O)NN)c1. The van der Waals surface area contributed by atoms with Gasteiger partial charge in [-0.3, -0.25) is 10.2 Å². The molecule has 5 nitrogen and oxygen atoms in total. The molecule has 0 aliphatic heterocycles. The number of nitrogens with two attached hydrogens (primary N) is 1. The number of hydrazine groups is 1. The molecule has 1 amide bonds. The van der Waals surface area contributed by atoms with Crippen LogP contribution in [0.25, 0.3) is 0 Å². The molecule has 1 rings (SSSR count). The van der Waals surface area contributed by atoms with E-state index in [4.69, 9.17) is 10.6 Å². The molecule has 0 heterocycles. The number of hydrogen-bond acceptors (Lipinski definition) is 4. The largest absolute Gasteiger partial charge is 0.497 e. The molecule has 1 atom stereocenters. The maximum Gasteiger partial charge on any atom is 0.237 e. The summed E-state index contributed by atoms with van der Waals surface area (Å²) in [6.07, 6.45) is 0. The lowest BCUT2D eigenvalue weighted by Crippen LogP contribution is -2.39. The van der Waals surface area contributed by atoms with Crippen molar-refractivity contribution in [3.05, 3.63) is 29.8 Å². The van der Waals surface area contributed by atoms with E-state index < -0.39 is 0 Å². The minimum absolute atomic E-state index is 0.134. The lowest BCUT2D eigenvalue weighted by atomic mass is 10.1. The van der Waals surface area contributed by atoms with Crippen molar-refractivity contribution in [3.63, 3.8) is 0 Å². The van der Waals surface area contributed by atoms with Crippen LogP contribution in [0.5, 0.6) is 5.75 Å². The molecule has 0 aromatic heterocycles. The highest BCUT2D eigenvalue weighted by Gasteiger charge is 2.14. The van der Waals surface area contributed by atoms with Gasteiger partial charge in [0.25, 0.3) is 0 Å². The van der Waals surface area contributed by atoms with Crippen LogP contribution in [0, 0.1) is 5.92 Å². The fraction of sp³-hybridized carbons (Fsp3) is 0.462. The van der Waals surface area contributed by atoms with Crippen molar-refractivity contribution in [1.82, 2.24) is 10.3 Å². The smallest absolute Gasteiger partial charge is 0.237 e. The second-order valence-corrected chi connectivity index (χ2v) is 4.46. The predicted octanol–water partition coefficient (Wildman–Crippen LogP) is 0.753. The second-order valence-electron chi connectivity index (χ2n) is 4.46. The molecule has 0 bridgehead atoms. The quantitative estimate of drug-likeness (QED) is 0.445. The van der Waals surface area contributed by atoms with Gasteiger partial charge >= 0.3 is 0 Å². The standard InChI is InChI=1S/C13H21N3O2/c1-10(13(17)15-14)8-16(2)9-11-5-4-6-12(7-11)18-3/h4-7,10H,8-9,14H2,1-3H3,(H,15,17). The number of carbonyl (C=O) groups excluding carboxylic acids is 1. The maximum atomic E-state index is 11.3. The van der Waals surface area contributed by atoms with E-state index >= 15 is 0 Å². The van der Waals surface area contributed by atoms with E-state index in [2.05, 4.69) is 10.3 Å². The van der Waals surface area contributed by atoms with Crippen molar-refractivity contribution in [2.75, 3.05) is 20.7 Å². The van der Waals surface area contributed by atoms with Crippen molar-refractivity contribution in [3.8, 4) is 5.75 Å². The summed E-state index contributed by atoms with van der Waals surface area (Å²) in [5, 5.41) is 0. The highest BCUT2D eigenvalue weighted by atomic mass is 16.5. The van der Waals surface area contributed by atoms with Crippen LogP contribution in [0.15, 0.2) is 24.3 Å². The van der Waals surface area contributed by atoms with Crippen molar-refractivity contribution < 1.29 is 9.53 Å². The van der Waals surface area contributed by atoms with Crippen LogP contribution < -0.4 is 16.0 Å². The number of hydrogen-bond donors (Lipinski definition) is 2. The number of ether oxygens (including phenoxy) is 1. The van der Waals surface area contributed by atoms with E-state index in [1.807, 2.05) is 38.2 Å². The number of nitrogens with one attached hydrogen (secondary N) is 1. The van der Waals surface area contributed by atoms with E-state index in [1.54, 1.807) is 7.11 Å². The lowest BCUT2D eigenvalue weighted by molar-refractivity contribution is -0.125. The molecule has 0 spiro atoms. The van der Waals surface area contributed by atoms with Gasteiger partial charge in [-0.25, -0.2) is 5.84 Å². The number of nitrogens with zero attached hydrogens (tertiary/aromatic N) is 1. The summed E-state index contributed by atoms with van der Waals surface area (Å²) in [5.41, 5.74) is 3.32. The van der Waals surface area contributed by atoms with Crippen LogP contribution >= 0.6 is 0 Å². The number of amides is 1. The Morgan fingerprint density at radius 2 is 2.28 bits per heavy atom. The highest BCUT2D eigenvalue weighted by Crippen LogP contribution is 2.14. The topological polar surface area (TPSA) is 67.6 Å². The van der Waals surface area contributed by atoms with Crippen LogP contribution in [0.4, 0.5) is 0 Å². The van der Waals surface area contributed by atoms with Crippen LogP contribution in [0.1, 0.15) is 12.5 Å². The molecule has 3 N–H and O–H groups in total. The van der Waals surface area contributed by atoms with Crippen LogP contribution in [-0.2, 0) is 11.3 Å². The Labute approximate surface area is 108 Å². The van der Waals surface area contributed by atoms with Gasteiger partial charge in [0.05, 0.1) is 7.11 Å². The lowest BCUT2D eigenvalue weighted by Gasteiger charge is -2.20. The molecule has 100 valence electrons. The van der Waals surface area contributed by atoms with Gasteiger partial charge in [0.15, 0.2) is 0 Å². The van der Waals surface area contributed by atoms with Crippen molar-refractivity contribution in [1.29, 1.82) is 0 Å². The predicted molar refractivity (Wildman–Crippen MR) is 70.8 cm³/mol. The Hall–Kier alpha value is -1.59. The Balaban J connectivity index is 2.53. The molecular formula is C13H21N3O2.